The summed E-state index contributed by atoms with van der Waals surface area (Å²) in [6, 6.07) is 3.69. The lowest BCUT2D eigenvalue weighted by Gasteiger charge is -2.35. The second-order valence-corrected chi connectivity index (χ2v) is 5.22. The molecule has 1 fully saturated rings. The van der Waals surface area contributed by atoms with Crippen molar-refractivity contribution in [2.45, 2.75) is 12.6 Å². The molecule has 7 nitrogen and oxygen atoms in total. The lowest BCUT2D eigenvalue weighted by Crippen LogP contribution is -2.49. The number of piperazine rings is 1. The third kappa shape index (κ3) is 3.77. The van der Waals surface area contributed by atoms with Gasteiger partial charge in [-0.3, -0.25) is 9.58 Å². The molecule has 1 atom stereocenters. The van der Waals surface area contributed by atoms with Crippen molar-refractivity contribution < 1.29 is 5.11 Å². The number of nitrogens with zero attached hydrogens (tertiary/aromatic N) is 6. The number of hydrogen-bond donors (Lipinski definition) is 1. The van der Waals surface area contributed by atoms with Crippen LogP contribution in [0.15, 0.2) is 36.9 Å². The van der Waals surface area contributed by atoms with Gasteiger partial charge in [0.15, 0.2) is 0 Å². The first-order valence-electron chi connectivity index (χ1n) is 7.21. The Bertz CT molecular complexity index is 524. The van der Waals surface area contributed by atoms with Crippen molar-refractivity contribution in [1.82, 2.24) is 24.6 Å². The highest BCUT2D eigenvalue weighted by Crippen LogP contribution is 2.10. The fourth-order valence-electron chi connectivity index (χ4n) is 2.57. The number of β-amino-alcohol motifs (C(OH)–C–C–N with tert-alkyl or cyclic N) is 1. The lowest BCUT2D eigenvalue weighted by molar-refractivity contribution is 0.0919. The van der Waals surface area contributed by atoms with Crippen molar-refractivity contribution in [3.63, 3.8) is 0 Å². The van der Waals surface area contributed by atoms with Gasteiger partial charge in [-0.1, -0.05) is 0 Å². The monoisotopic (exact) mass is 288 g/mol. The zero-order chi connectivity index (χ0) is 14.5. The maximum absolute atomic E-state index is 10.1. The average molecular weight is 288 g/mol. The molecule has 0 amide bonds. The Labute approximate surface area is 123 Å². The number of aromatic nitrogens is 4. The molecule has 0 saturated carbocycles. The van der Waals surface area contributed by atoms with E-state index in [1.54, 1.807) is 23.3 Å². The highest BCUT2D eigenvalue weighted by atomic mass is 16.3. The SMILES string of the molecule is O[C@@H](CN1CCN(c2ncccn2)CC1)Cn1cccn1. The molecule has 1 aliphatic heterocycles. The van der Waals surface area contributed by atoms with Crippen molar-refractivity contribution in [3.05, 3.63) is 36.9 Å². The summed E-state index contributed by atoms with van der Waals surface area (Å²) in [6.07, 6.45) is 6.73. The Balaban J connectivity index is 1.45. The smallest absolute Gasteiger partial charge is 0.225 e. The maximum Gasteiger partial charge on any atom is 0.225 e. The molecule has 1 saturated heterocycles. The molecule has 2 aromatic rings. The van der Waals surface area contributed by atoms with Crippen molar-refractivity contribution in [3.8, 4) is 0 Å². The first-order chi connectivity index (χ1) is 10.3. The van der Waals surface area contributed by atoms with E-state index in [0.29, 0.717) is 13.1 Å². The molecule has 0 aliphatic carbocycles. The van der Waals surface area contributed by atoms with Gasteiger partial charge in [0.05, 0.1) is 12.6 Å². The van der Waals surface area contributed by atoms with E-state index in [2.05, 4.69) is 24.9 Å². The predicted molar refractivity (Wildman–Crippen MR) is 78.9 cm³/mol. The fourth-order valence-corrected chi connectivity index (χ4v) is 2.57. The molecule has 0 spiro atoms. The van der Waals surface area contributed by atoms with E-state index >= 15 is 0 Å². The lowest BCUT2D eigenvalue weighted by atomic mass is 10.2. The summed E-state index contributed by atoms with van der Waals surface area (Å²) in [5.41, 5.74) is 0. The summed E-state index contributed by atoms with van der Waals surface area (Å²) in [6.45, 7) is 4.80. The Hall–Kier alpha value is -1.99. The van der Waals surface area contributed by atoms with E-state index in [4.69, 9.17) is 0 Å². The number of anilines is 1. The van der Waals surface area contributed by atoms with E-state index in [1.807, 2.05) is 18.3 Å². The van der Waals surface area contributed by atoms with Crippen LogP contribution in [0, 0.1) is 0 Å². The van der Waals surface area contributed by atoms with Crippen LogP contribution in [-0.2, 0) is 6.54 Å². The van der Waals surface area contributed by atoms with Gasteiger partial charge in [-0.2, -0.15) is 5.10 Å². The van der Waals surface area contributed by atoms with Gasteiger partial charge in [0.2, 0.25) is 5.95 Å². The van der Waals surface area contributed by atoms with Crippen LogP contribution in [0.3, 0.4) is 0 Å². The quantitative estimate of drug-likeness (QED) is 0.825. The minimum absolute atomic E-state index is 0.399. The molecule has 0 aromatic carbocycles. The van der Waals surface area contributed by atoms with Gasteiger partial charge in [-0.15, -0.1) is 0 Å². The Morgan fingerprint density at radius 3 is 2.43 bits per heavy atom. The zero-order valence-corrected chi connectivity index (χ0v) is 11.9. The van der Waals surface area contributed by atoms with E-state index in [9.17, 15) is 5.11 Å². The van der Waals surface area contributed by atoms with Gasteiger partial charge in [-0.25, -0.2) is 9.97 Å². The highest BCUT2D eigenvalue weighted by Gasteiger charge is 2.20. The van der Waals surface area contributed by atoms with Crippen LogP contribution >= 0.6 is 0 Å². The van der Waals surface area contributed by atoms with Gasteiger partial charge in [0.25, 0.3) is 0 Å². The van der Waals surface area contributed by atoms with Gasteiger partial charge in [0, 0.05) is 57.5 Å². The summed E-state index contributed by atoms with van der Waals surface area (Å²) in [5.74, 6) is 0.786. The van der Waals surface area contributed by atoms with E-state index in [1.165, 1.54) is 0 Å². The molecule has 2 aromatic heterocycles. The van der Waals surface area contributed by atoms with Gasteiger partial charge in [-0.05, 0) is 12.1 Å². The molecule has 112 valence electrons. The molecule has 3 rings (SSSR count). The standard InChI is InChI=1S/C14H20N6O/c21-13(12-20-6-2-5-17-20)11-18-7-9-19(10-8-18)14-15-3-1-4-16-14/h1-6,13,21H,7-12H2/t13-/m0/s1. The second kappa shape index (κ2) is 6.64. The first-order valence-corrected chi connectivity index (χ1v) is 7.21. The third-order valence-corrected chi connectivity index (χ3v) is 3.63. The van der Waals surface area contributed by atoms with Crippen LogP contribution in [-0.4, -0.2) is 68.6 Å². The number of hydrogen-bond acceptors (Lipinski definition) is 6. The molecular formula is C14H20N6O. The van der Waals surface area contributed by atoms with E-state index in [-0.39, 0.29) is 0 Å². The molecule has 1 N–H and O–H groups in total. The normalized spacial score (nSPS) is 17.9. The van der Waals surface area contributed by atoms with Gasteiger partial charge >= 0.3 is 0 Å². The van der Waals surface area contributed by atoms with E-state index in [0.717, 1.165) is 32.1 Å². The summed E-state index contributed by atoms with van der Waals surface area (Å²) in [5, 5.41) is 14.2. The van der Waals surface area contributed by atoms with Crippen LogP contribution in [0.25, 0.3) is 0 Å². The molecular weight excluding hydrogens is 268 g/mol. The maximum atomic E-state index is 10.1. The van der Waals surface area contributed by atoms with Gasteiger partial charge < -0.3 is 10.0 Å². The number of aliphatic hydroxyl groups excluding tert-OH is 1. The van der Waals surface area contributed by atoms with Crippen LogP contribution in [0.4, 0.5) is 5.95 Å². The summed E-state index contributed by atoms with van der Waals surface area (Å²) >= 11 is 0. The second-order valence-electron chi connectivity index (χ2n) is 5.22. The predicted octanol–water partition coefficient (Wildman–Crippen LogP) is -0.144. The summed E-state index contributed by atoms with van der Waals surface area (Å²) < 4.78 is 1.76. The Kier molecular flexibility index (Phi) is 4.42. The molecule has 0 radical (unpaired) electrons. The molecule has 0 bridgehead atoms. The topological polar surface area (TPSA) is 70.3 Å². The number of rotatable bonds is 5. The molecule has 3 heterocycles. The van der Waals surface area contributed by atoms with Crippen molar-refractivity contribution in [2.75, 3.05) is 37.6 Å². The van der Waals surface area contributed by atoms with Crippen LogP contribution in [0.2, 0.25) is 0 Å². The highest BCUT2D eigenvalue weighted by molar-refractivity contribution is 5.29. The summed E-state index contributed by atoms with van der Waals surface area (Å²) in [7, 11) is 0. The Morgan fingerprint density at radius 2 is 1.76 bits per heavy atom. The average Bonchev–Trinajstić information content (AvgIpc) is 3.02. The molecule has 7 heteroatoms. The molecule has 0 unspecified atom stereocenters. The fraction of sp³-hybridized carbons (Fsp3) is 0.500. The van der Waals surface area contributed by atoms with Crippen molar-refractivity contribution >= 4 is 5.95 Å². The summed E-state index contributed by atoms with van der Waals surface area (Å²) in [4.78, 5) is 13.0. The minimum atomic E-state index is -0.399. The van der Waals surface area contributed by atoms with Gasteiger partial charge in [0.1, 0.15) is 0 Å². The third-order valence-electron chi connectivity index (χ3n) is 3.63. The van der Waals surface area contributed by atoms with Crippen LogP contribution < -0.4 is 4.90 Å². The van der Waals surface area contributed by atoms with E-state index < -0.39 is 6.10 Å². The first kappa shape index (κ1) is 14.0. The Morgan fingerprint density at radius 1 is 1.00 bits per heavy atom. The zero-order valence-electron chi connectivity index (χ0n) is 11.9. The number of aliphatic hydroxyl groups is 1. The van der Waals surface area contributed by atoms with Crippen molar-refractivity contribution in [1.29, 1.82) is 0 Å². The van der Waals surface area contributed by atoms with Crippen molar-refractivity contribution in [2.24, 2.45) is 0 Å². The van der Waals surface area contributed by atoms with Crippen LogP contribution in [0.1, 0.15) is 0 Å². The largest absolute Gasteiger partial charge is 0.390 e. The minimum Gasteiger partial charge on any atom is -0.390 e. The van der Waals surface area contributed by atoms with Crippen LogP contribution in [0.5, 0.6) is 0 Å². The molecule has 21 heavy (non-hydrogen) atoms. The molecule has 1 aliphatic rings.